The molecule has 0 bridgehead atoms. The lowest BCUT2D eigenvalue weighted by Crippen LogP contribution is -2.26. The molecule has 0 saturated heterocycles. The predicted molar refractivity (Wildman–Crippen MR) is 88.0 cm³/mol. The summed E-state index contributed by atoms with van der Waals surface area (Å²) in [6.07, 6.45) is 0.398. The van der Waals surface area contributed by atoms with Crippen molar-refractivity contribution in [2.75, 3.05) is 0 Å². The van der Waals surface area contributed by atoms with Crippen LogP contribution in [0.15, 0.2) is 54.6 Å². The van der Waals surface area contributed by atoms with E-state index in [1.54, 1.807) is 24.3 Å². The molecule has 3 nitrogen and oxygen atoms in total. The fourth-order valence-electron chi connectivity index (χ4n) is 2.14. The minimum atomic E-state index is -0.133. The molecule has 0 fully saturated rings. The molecule has 1 atom stereocenters. The number of ketones is 1. The van der Waals surface area contributed by atoms with Crippen molar-refractivity contribution in [1.82, 2.24) is 5.32 Å². The number of hydrogen-bond acceptors (Lipinski definition) is 2. The van der Waals surface area contributed by atoms with E-state index >= 15 is 0 Å². The van der Waals surface area contributed by atoms with Gasteiger partial charge in [0.1, 0.15) is 0 Å². The zero-order chi connectivity index (χ0) is 15.9. The van der Waals surface area contributed by atoms with Gasteiger partial charge in [0.05, 0.1) is 6.04 Å². The minimum Gasteiger partial charge on any atom is -0.350 e. The SMILES string of the molecule is C[C@@H](NC(=O)CCC(=O)c1ccccc1)c1ccc(Cl)cc1. The summed E-state index contributed by atoms with van der Waals surface area (Å²) in [5.41, 5.74) is 1.62. The summed E-state index contributed by atoms with van der Waals surface area (Å²) in [6, 6.07) is 16.2. The van der Waals surface area contributed by atoms with Gasteiger partial charge < -0.3 is 5.32 Å². The van der Waals surface area contributed by atoms with Crippen LogP contribution < -0.4 is 5.32 Å². The highest BCUT2D eigenvalue weighted by Crippen LogP contribution is 2.16. The average molecular weight is 316 g/mol. The van der Waals surface area contributed by atoms with Gasteiger partial charge in [0.15, 0.2) is 5.78 Å². The largest absolute Gasteiger partial charge is 0.350 e. The van der Waals surface area contributed by atoms with Crippen molar-refractivity contribution in [3.63, 3.8) is 0 Å². The third-order valence-corrected chi connectivity index (χ3v) is 3.67. The Morgan fingerprint density at radius 1 is 1.00 bits per heavy atom. The number of rotatable bonds is 6. The van der Waals surface area contributed by atoms with Crippen LogP contribution in [0, 0.1) is 0 Å². The minimum absolute atomic E-state index is 0.0186. The average Bonchev–Trinajstić information content (AvgIpc) is 2.54. The van der Waals surface area contributed by atoms with E-state index in [4.69, 9.17) is 11.6 Å². The van der Waals surface area contributed by atoms with E-state index in [0.717, 1.165) is 5.56 Å². The van der Waals surface area contributed by atoms with E-state index in [1.807, 2.05) is 37.3 Å². The van der Waals surface area contributed by atoms with Gasteiger partial charge in [0.25, 0.3) is 0 Å². The van der Waals surface area contributed by atoms with E-state index in [9.17, 15) is 9.59 Å². The number of benzene rings is 2. The topological polar surface area (TPSA) is 46.2 Å². The number of carbonyl (C=O) groups excluding carboxylic acids is 2. The third-order valence-electron chi connectivity index (χ3n) is 3.42. The molecular weight excluding hydrogens is 298 g/mol. The van der Waals surface area contributed by atoms with Crippen LogP contribution in [0.4, 0.5) is 0 Å². The first-order valence-electron chi connectivity index (χ1n) is 7.19. The lowest BCUT2D eigenvalue weighted by Gasteiger charge is -2.14. The molecule has 0 aliphatic heterocycles. The normalized spacial score (nSPS) is 11.7. The fourth-order valence-corrected chi connectivity index (χ4v) is 2.27. The maximum atomic E-state index is 11.9. The van der Waals surface area contributed by atoms with Crippen LogP contribution in [-0.4, -0.2) is 11.7 Å². The summed E-state index contributed by atoms with van der Waals surface area (Å²) < 4.78 is 0. The van der Waals surface area contributed by atoms with Crippen LogP contribution in [0.25, 0.3) is 0 Å². The number of halogens is 1. The van der Waals surface area contributed by atoms with Gasteiger partial charge >= 0.3 is 0 Å². The lowest BCUT2D eigenvalue weighted by molar-refractivity contribution is -0.121. The van der Waals surface area contributed by atoms with Crippen LogP contribution in [0.3, 0.4) is 0 Å². The van der Waals surface area contributed by atoms with Gasteiger partial charge in [-0.1, -0.05) is 54.1 Å². The molecule has 0 aliphatic rings. The van der Waals surface area contributed by atoms with Crippen molar-refractivity contribution in [2.45, 2.75) is 25.8 Å². The Morgan fingerprint density at radius 2 is 1.64 bits per heavy atom. The standard InChI is InChI=1S/C18H18ClNO2/c1-13(14-7-9-16(19)10-8-14)20-18(22)12-11-17(21)15-5-3-2-4-6-15/h2-10,13H,11-12H2,1H3,(H,20,22)/t13-/m1/s1. The Bertz CT molecular complexity index is 638. The van der Waals surface area contributed by atoms with Crippen LogP contribution in [0.5, 0.6) is 0 Å². The summed E-state index contributed by atoms with van der Waals surface area (Å²) in [5, 5.41) is 3.55. The predicted octanol–water partition coefficient (Wildman–Crippen LogP) is 4.18. The van der Waals surface area contributed by atoms with E-state index in [0.29, 0.717) is 10.6 Å². The molecule has 114 valence electrons. The van der Waals surface area contributed by atoms with E-state index in [1.165, 1.54) is 0 Å². The van der Waals surface area contributed by atoms with Crippen LogP contribution in [-0.2, 0) is 4.79 Å². The Morgan fingerprint density at radius 3 is 2.27 bits per heavy atom. The molecule has 1 amide bonds. The molecule has 0 aliphatic carbocycles. The van der Waals surface area contributed by atoms with E-state index < -0.39 is 0 Å². The number of Topliss-reactive ketones (excluding diaryl/α,β-unsaturated/α-hetero) is 1. The lowest BCUT2D eigenvalue weighted by atomic mass is 10.1. The summed E-state index contributed by atoms with van der Waals surface area (Å²) in [7, 11) is 0. The third kappa shape index (κ3) is 4.71. The first-order chi connectivity index (χ1) is 10.6. The maximum absolute atomic E-state index is 11.9. The molecule has 0 saturated carbocycles. The Balaban J connectivity index is 1.83. The summed E-state index contributed by atoms with van der Waals surface area (Å²) in [6.45, 7) is 1.90. The first kappa shape index (κ1) is 16.2. The molecule has 2 rings (SSSR count). The molecule has 2 aromatic carbocycles. The summed E-state index contributed by atoms with van der Waals surface area (Å²) in [5.74, 6) is -0.151. The quantitative estimate of drug-likeness (QED) is 0.813. The highest BCUT2D eigenvalue weighted by molar-refractivity contribution is 6.30. The van der Waals surface area contributed by atoms with Crippen LogP contribution >= 0.6 is 11.6 Å². The number of nitrogens with one attached hydrogen (secondary N) is 1. The van der Waals surface area contributed by atoms with E-state index in [-0.39, 0.29) is 30.6 Å². The maximum Gasteiger partial charge on any atom is 0.220 e. The van der Waals surface area contributed by atoms with Crippen LogP contribution in [0.1, 0.15) is 41.7 Å². The van der Waals surface area contributed by atoms with Gasteiger partial charge in [-0.05, 0) is 24.6 Å². The van der Waals surface area contributed by atoms with Crippen molar-refractivity contribution >= 4 is 23.3 Å². The highest BCUT2D eigenvalue weighted by Gasteiger charge is 2.12. The molecule has 0 heterocycles. The van der Waals surface area contributed by atoms with Gasteiger partial charge in [0.2, 0.25) is 5.91 Å². The molecular formula is C18H18ClNO2. The van der Waals surface area contributed by atoms with Crippen molar-refractivity contribution in [2.24, 2.45) is 0 Å². The molecule has 0 aromatic heterocycles. The molecule has 1 N–H and O–H groups in total. The molecule has 4 heteroatoms. The fraction of sp³-hybridized carbons (Fsp3) is 0.222. The van der Waals surface area contributed by atoms with Crippen molar-refractivity contribution in [3.8, 4) is 0 Å². The first-order valence-corrected chi connectivity index (χ1v) is 7.57. The summed E-state index contributed by atoms with van der Waals surface area (Å²) in [4.78, 5) is 23.9. The second kappa shape index (κ2) is 7.76. The smallest absolute Gasteiger partial charge is 0.220 e. The zero-order valence-corrected chi connectivity index (χ0v) is 13.1. The number of carbonyl (C=O) groups is 2. The highest BCUT2D eigenvalue weighted by atomic mass is 35.5. The number of amides is 1. The zero-order valence-electron chi connectivity index (χ0n) is 12.4. The van der Waals surface area contributed by atoms with Gasteiger partial charge in [-0.25, -0.2) is 0 Å². The molecule has 0 radical (unpaired) electrons. The van der Waals surface area contributed by atoms with E-state index in [2.05, 4.69) is 5.32 Å². The molecule has 0 unspecified atom stereocenters. The van der Waals surface area contributed by atoms with Crippen molar-refractivity contribution in [3.05, 3.63) is 70.7 Å². The second-order valence-electron chi connectivity index (χ2n) is 5.13. The molecule has 0 spiro atoms. The van der Waals surface area contributed by atoms with Crippen molar-refractivity contribution in [1.29, 1.82) is 0 Å². The Hall–Kier alpha value is -2.13. The second-order valence-corrected chi connectivity index (χ2v) is 5.57. The van der Waals surface area contributed by atoms with Gasteiger partial charge in [-0.2, -0.15) is 0 Å². The Kier molecular flexibility index (Phi) is 5.73. The van der Waals surface area contributed by atoms with Gasteiger partial charge in [0, 0.05) is 23.4 Å². The van der Waals surface area contributed by atoms with Crippen molar-refractivity contribution < 1.29 is 9.59 Å². The van der Waals surface area contributed by atoms with Gasteiger partial charge in [-0.3, -0.25) is 9.59 Å². The monoisotopic (exact) mass is 315 g/mol. The Labute approximate surface area is 135 Å². The summed E-state index contributed by atoms with van der Waals surface area (Å²) >= 11 is 5.84. The van der Waals surface area contributed by atoms with Gasteiger partial charge in [-0.15, -0.1) is 0 Å². The number of hydrogen-bond donors (Lipinski definition) is 1. The molecule has 22 heavy (non-hydrogen) atoms. The molecule has 2 aromatic rings. The van der Waals surface area contributed by atoms with Crippen LogP contribution in [0.2, 0.25) is 5.02 Å².